The van der Waals surface area contributed by atoms with Gasteiger partial charge in [0.05, 0.1) is 4.92 Å². The van der Waals surface area contributed by atoms with E-state index in [0.717, 1.165) is 16.5 Å². The lowest BCUT2D eigenvalue weighted by molar-refractivity contribution is -0.657. The molecule has 0 fully saturated rings. The van der Waals surface area contributed by atoms with Gasteiger partial charge in [-0.15, -0.1) is 17.0 Å². The van der Waals surface area contributed by atoms with Gasteiger partial charge in [0.1, 0.15) is 0 Å². The maximum atomic E-state index is 12.5. The molecule has 3 rings (SSSR count). The minimum atomic E-state index is -0.495. The molecule has 0 spiro atoms. The highest BCUT2D eigenvalue weighted by Crippen LogP contribution is 2.15. The quantitative estimate of drug-likeness (QED) is 0.296. The van der Waals surface area contributed by atoms with Crippen molar-refractivity contribution in [2.45, 2.75) is 13.5 Å². The number of benzene rings is 2. The second-order valence-corrected chi connectivity index (χ2v) is 5.43. The third-order valence-electron chi connectivity index (χ3n) is 3.73. The molecular weight excluding hydrogens is 372 g/mol. The highest BCUT2D eigenvalue weighted by atomic mass is 79.9. The average molecular weight is 388 g/mol. The van der Waals surface area contributed by atoms with Crippen LogP contribution in [0.2, 0.25) is 0 Å². The molecule has 0 saturated heterocycles. The van der Waals surface area contributed by atoms with Crippen molar-refractivity contribution in [3.63, 3.8) is 0 Å². The van der Waals surface area contributed by atoms with Crippen LogP contribution in [0, 0.1) is 17.0 Å². The van der Waals surface area contributed by atoms with Gasteiger partial charge < -0.3 is 0 Å². The topological polar surface area (TPSA) is 64.1 Å². The number of halogens is 1. The lowest BCUT2D eigenvalue weighted by Crippen LogP contribution is -2.38. The number of aromatic nitrogens is 1. The van der Waals surface area contributed by atoms with E-state index < -0.39 is 4.92 Å². The number of Topliss-reactive ketones (excluding diaryl/α,β-unsaturated/α-hetero) is 1. The molecule has 0 atom stereocenters. The van der Waals surface area contributed by atoms with Crippen LogP contribution in [0.5, 0.6) is 0 Å². The van der Waals surface area contributed by atoms with E-state index in [-0.39, 0.29) is 35.0 Å². The van der Waals surface area contributed by atoms with Crippen LogP contribution in [0.1, 0.15) is 15.9 Å². The minimum absolute atomic E-state index is 0. The first-order valence-electron chi connectivity index (χ1n) is 7.21. The molecule has 1 aromatic heterocycles. The summed E-state index contributed by atoms with van der Waals surface area (Å²) in [5.74, 6) is -0.160. The second kappa shape index (κ2) is 7.31. The van der Waals surface area contributed by atoms with Crippen LogP contribution in [0.4, 0.5) is 5.69 Å². The molecule has 0 radical (unpaired) electrons. The molecule has 0 aliphatic rings. The number of nitrogens with zero attached hydrogens (tertiary/aromatic N) is 2. The fourth-order valence-electron chi connectivity index (χ4n) is 2.58. The van der Waals surface area contributed by atoms with E-state index in [1.807, 2.05) is 42.0 Å². The molecule has 122 valence electrons. The van der Waals surface area contributed by atoms with Crippen LogP contribution in [0.15, 0.2) is 60.8 Å². The maximum Gasteiger partial charge on any atom is 0.270 e. The van der Waals surface area contributed by atoms with Gasteiger partial charge in [-0.3, -0.25) is 14.9 Å². The van der Waals surface area contributed by atoms with Crippen molar-refractivity contribution in [3.8, 4) is 0 Å². The number of rotatable bonds is 4. The van der Waals surface area contributed by atoms with Crippen molar-refractivity contribution in [1.82, 2.24) is 0 Å². The average Bonchev–Trinajstić information content (AvgIpc) is 2.54. The summed E-state index contributed by atoms with van der Waals surface area (Å²) < 4.78 is 1.86. The molecule has 5 nitrogen and oxygen atoms in total. The summed E-state index contributed by atoms with van der Waals surface area (Å²) >= 11 is 0. The van der Waals surface area contributed by atoms with E-state index in [0.29, 0.717) is 5.56 Å². The summed E-state index contributed by atoms with van der Waals surface area (Å²) in [4.78, 5) is 22.8. The van der Waals surface area contributed by atoms with E-state index in [9.17, 15) is 14.9 Å². The standard InChI is InChI=1S/C18H15N2O3.BrH/c1-13-7-8-17-14(10-13)5-3-9-19(17)12-18(21)15-4-2-6-16(11-15)20(22)23;/h2-11H,12H2,1H3;1H/q+1;. The predicted molar refractivity (Wildman–Crippen MR) is 96.6 cm³/mol. The summed E-state index contributed by atoms with van der Waals surface area (Å²) in [6.07, 6.45) is 1.84. The smallest absolute Gasteiger partial charge is 0.270 e. The highest BCUT2D eigenvalue weighted by molar-refractivity contribution is 8.93. The lowest BCUT2D eigenvalue weighted by Gasteiger charge is -2.02. The Labute approximate surface area is 149 Å². The molecule has 0 N–H and O–H groups in total. The summed E-state index contributed by atoms with van der Waals surface area (Å²) in [5, 5.41) is 11.9. The number of non-ortho nitro benzene ring substituents is 1. The molecular formula is C18H16BrN2O3+. The number of fused-ring (bicyclic) bond motifs is 1. The van der Waals surface area contributed by atoms with Gasteiger partial charge in [0.25, 0.3) is 5.69 Å². The Bertz CT molecular complexity index is 925. The Hall–Kier alpha value is -2.60. The van der Waals surface area contributed by atoms with Crippen molar-refractivity contribution in [1.29, 1.82) is 0 Å². The first-order chi connectivity index (χ1) is 11.0. The number of pyridine rings is 1. The number of hydrogen-bond acceptors (Lipinski definition) is 3. The van der Waals surface area contributed by atoms with Gasteiger partial charge in [-0.05, 0) is 19.1 Å². The fraction of sp³-hybridized carbons (Fsp3) is 0.111. The van der Waals surface area contributed by atoms with Gasteiger partial charge in [0.15, 0.2) is 6.20 Å². The molecule has 0 aliphatic heterocycles. The summed E-state index contributed by atoms with van der Waals surface area (Å²) in [5.41, 5.74) is 2.38. The molecule has 0 saturated carbocycles. The number of nitro benzene ring substituents is 1. The molecule has 3 aromatic rings. The largest absolute Gasteiger partial charge is 0.287 e. The van der Waals surface area contributed by atoms with Gasteiger partial charge in [0.2, 0.25) is 17.8 Å². The van der Waals surface area contributed by atoms with Crippen molar-refractivity contribution < 1.29 is 14.3 Å². The summed E-state index contributed by atoms with van der Waals surface area (Å²) in [7, 11) is 0. The number of nitro groups is 1. The van der Waals surface area contributed by atoms with Gasteiger partial charge in [0, 0.05) is 35.2 Å². The van der Waals surface area contributed by atoms with Gasteiger partial charge in [-0.25, -0.2) is 0 Å². The zero-order valence-corrected chi connectivity index (χ0v) is 14.7. The van der Waals surface area contributed by atoms with Gasteiger partial charge >= 0.3 is 0 Å². The third-order valence-corrected chi connectivity index (χ3v) is 3.73. The van der Waals surface area contributed by atoms with Crippen molar-refractivity contribution in [2.75, 3.05) is 0 Å². The molecule has 0 aliphatic carbocycles. The molecule has 2 aromatic carbocycles. The van der Waals surface area contributed by atoms with E-state index in [1.165, 1.54) is 18.2 Å². The zero-order chi connectivity index (χ0) is 16.4. The van der Waals surface area contributed by atoms with Crippen LogP contribution in [-0.2, 0) is 6.54 Å². The third kappa shape index (κ3) is 3.65. The number of aryl methyl sites for hydroxylation is 1. The highest BCUT2D eigenvalue weighted by Gasteiger charge is 2.17. The van der Waals surface area contributed by atoms with E-state index in [1.54, 1.807) is 6.07 Å². The molecule has 24 heavy (non-hydrogen) atoms. The van der Waals surface area contributed by atoms with Crippen LogP contribution in [-0.4, -0.2) is 10.7 Å². The molecule has 1 heterocycles. The Morgan fingerprint density at radius 3 is 2.67 bits per heavy atom. The van der Waals surface area contributed by atoms with Crippen molar-refractivity contribution in [3.05, 3.63) is 82.0 Å². The Morgan fingerprint density at radius 2 is 1.92 bits per heavy atom. The first kappa shape index (κ1) is 17.7. The van der Waals surface area contributed by atoms with Crippen LogP contribution < -0.4 is 4.57 Å². The van der Waals surface area contributed by atoms with Crippen molar-refractivity contribution in [2.24, 2.45) is 0 Å². The number of ketones is 1. The van der Waals surface area contributed by atoms with Gasteiger partial charge in [-0.1, -0.05) is 23.8 Å². The zero-order valence-electron chi connectivity index (χ0n) is 13.0. The Kier molecular flexibility index (Phi) is 5.41. The second-order valence-electron chi connectivity index (χ2n) is 5.43. The molecule has 0 bridgehead atoms. The van der Waals surface area contributed by atoms with Crippen LogP contribution in [0.25, 0.3) is 10.9 Å². The number of hydrogen-bond donors (Lipinski definition) is 0. The van der Waals surface area contributed by atoms with Crippen molar-refractivity contribution >= 4 is 39.4 Å². The van der Waals surface area contributed by atoms with E-state index in [2.05, 4.69) is 6.07 Å². The number of carbonyl (C=O) groups is 1. The SMILES string of the molecule is Br.Cc1ccc2c(ccc[n+]2CC(=O)c2cccc([N+](=O)[O-])c2)c1. The molecule has 0 amide bonds. The summed E-state index contributed by atoms with van der Waals surface area (Å²) in [6, 6.07) is 15.8. The normalized spacial score (nSPS) is 10.2. The molecule has 0 unspecified atom stereocenters. The Balaban J connectivity index is 0.00000208. The number of carbonyl (C=O) groups excluding carboxylic acids is 1. The minimum Gasteiger partial charge on any atom is -0.287 e. The van der Waals surface area contributed by atoms with Crippen LogP contribution >= 0.6 is 17.0 Å². The van der Waals surface area contributed by atoms with Crippen LogP contribution in [0.3, 0.4) is 0 Å². The maximum absolute atomic E-state index is 12.5. The fourth-order valence-corrected chi connectivity index (χ4v) is 2.58. The summed E-state index contributed by atoms with van der Waals surface area (Å²) in [6.45, 7) is 2.16. The lowest BCUT2D eigenvalue weighted by atomic mass is 10.1. The first-order valence-corrected chi connectivity index (χ1v) is 7.21. The van der Waals surface area contributed by atoms with E-state index >= 15 is 0 Å². The molecule has 6 heteroatoms. The predicted octanol–water partition coefficient (Wildman–Crippen LogP) is 3.80. The van der Waals surface area contributed by atoms with E-state index in [4.69, 9.17) is 0 Å². The van der Waals surface area contributed by atoms with Gasteiger partial charge in [-0.2, -0.15) is 4.57 Å². The Morgan fingerprint density at radius 1 is 1.12 bits per heavy atom. The monoisotopic (exact) mass is 387 g/mol.